The zero-order chi connectivity index (χ0) is 0. The van der Waals surface area contributed by atoms with Crippen molar-refractivity contribution in [3.05, 3.63) is 0 Å². The Morgan fingerprint density at radius 3 is 0.571 bits per heavy atom. The average molecular weight is 363 g/mol. The summed E-state index contributed by atoms with van der Waals surface area (Å²) in [4.78, 5) is 0. The van der Waals surface area contributed by atoms with Gasteiger partial charge in [0.1, 0.15) is 0 Å². The molecule has 0 aromatic heterocycles. The first-order valence-corrected chi connectivity index (χ1v) is 0. The van der Waals surface area contributed by atoms with Crippen LogP contribution in [0.5, 0.6) is 0 Å². The molecule has 0 fully saturated rings. The number of rotatable bonds is 0. The fourth-order valence-corrected chi connectivity index (χ4v) is 0. The van der Waals surface area contributed by atoms with E-state index in [1.807, 2.05) is 0 Å². The molecule has 60 valence electrons. The van der Waals surface area contributed by atoms with Crippen LogP contribution in [0.3, 0.4) is 0 Å². The van der Waals surface area contributed by atoms with Crippen LogP contribution in [0.1, 0.15) is 0 Å². The third-order valence-corrected chi connectivity index (χ3v) is 0. The van der Waals surface area contributed by atoms with Crippen LogP contribution in [0.15, 0.2) is 0 Å². The first-order valence-electron chi connectivity index (χ1n) is 0. The molecule has 0 aliphatic heterocycles. The Kier molecular flexibility index (Phi) is 823. The molecule has 0 unspecified atom stereocenters. The monoisotopic (exact) mass is 362 g/mol. The Bertz CT molecular complexity index is 13.7. The second kappa shape index (κ2) is 64.0. The van der Waals surface area contributed by atoms with Gasteiger partial charge in [-0.25, -0.2) is 0 Å². The molecule has 0 aromatic carbocycles. The predicted octanol–water partition coefficient (Wildman–Crippen LogP) is -0.840. The molecule has 4 radical (unpaired) electrons. The summed E-state index contributed by atoms with van der Waals surface area (Å²) in [5.41, 5.74) is 0. The van der Waals surface area contributed by atoms with E-state index < -0.39 is 0 Å². The van der Waals surface area contributed by atoms with Gasteiger partial charge in [0.2, 0.25) is 0 Å². The summed E-state index contributed by atoms with van der Waals surface area (Å²) >= 11 is 0. The number of hydrogen-bond acceptors (Lipinski definition) is 0. The van der Waals surface area contributed by atoms with Gasteiger partial charge < -0.3 is 5.48 Å². The molecular formula is H2Co2Mn2Ni2O. The Hall–Kier alpha value is 3.00. The minimum atomic E-state index is 0. The maximum atomic E-state index is 0. The minimum absolute atomic E-state index is 0. The molecule has 0 spiro atoms. The second-order valence-electron chi connectivity index (χ2n) is 0. The van der Waals surface area contributed by atoms with Gasteiger partial charge in [0.25, 0.3) is 0 Å². The van der Waals surface area contributed by atoms with Crippen molar-refractivity contribution < 1.29 is 106 Å². The van der Waals surface area contributed by atoms with E-state index in [0.717, 1.165) is 0 Å². The summed E-state index contributed by atoms with van der Waals surface area (Å²) in [6.07, 6.45) is 0. The molecule has 0 amide bonds. The quantitative estimate of drug-likeness (QED) is 0.503. The molecular weight excluding hydrogens is 361 g/mol. The molecule has 2 N–H and O–H groups in total. The van der Waals surface area contributed by atoms with Crippen LogP contribution < -0.4 is 0 Å². The maximum absolute atomic E-state index is 0. The van der Waals surface area contributed by atoms with Gasteiger partial charge in [-0.2, -0.15) is 0 Å². The zero-order valence-corrected chi connectivity index (χ0v) is 8.97. The van der Waals surface area contributed by atoms with E-state index in [-0.39, 0.29) is 106 Å². The molecule has 0 aliphatic rings. The SMILES string of the molecule is O.[Co].[Co].[Mn].[Mn].[Ni].[Ni]. The summed E-state index contributed by atoms with van der Waals surface area (Å²) < 4.78 is 0. The summed E-state index contributed by atoms with van der Waals surface area (Å²) in [5, 5.41) is 0. The molecule has 0 rings (SSSR count). The normalized spacial score (nSPS) is 0. The molecule has 0 atom stereocenters. The smallest absolute Gasteiger partial charge is 0 e. The predicted molar refractivity (Wildman–Crippen MR) is 3.61 cm³/mol. The fourth-order valence-electron chi connectivity index (χ4n) is 0. The largest absolute Gasteiger partial charge is 0.412 e. The van der Waals surface area contributed by atoms with Gasteiger partial charge in [-0.1, -0.05) is 0 Å². The summed E-state index contributed by atoms with van der Waals surface area (Å²) in [7, 11) is 0. The second-order valence-corrected chi connectivity index (χ2v) is 0. The van der Waals surface area contributed by atoms with Crippen molar-refractivity contribution in [1.29, 1.82) is 0 Å². The molecule has 0 heterocycles. The van der Waals surface area contributed by atoms with Gasteiger partial charge in [0.15, 0.2) is 0 Å². The molecule has 0 aliphatic carbocycles. The standard InChI is InChI=1S/2Co.2Mn.2Ni.H2O/h;;;;;;1H2. The van der Waals surface area contributed by atoms with Crippen LogP contribution in [0.4, 0.5) is 0 Å². The molecule has 0 bridgehead atoms. The van der Waals surface area contributed by atoms with Crippen LogP contribution in [0.2, 0.25) is 0 Å². The topological polar surface area (TPSA) is 31.5 Å². The molecule has 0 saturated carbocycles. The van der Waals surface area contributed by atoms with E-state index in [1.165, 1.54) is 0 Å². The number of hydrogen-bond donors (Lipinski definition) is 0. The third kappa shape index (κ3) is 49.0. The van der Waals surface area contributed by atoms with Crippen molar-refractivity contribution in [3.63, 3.8) is 0 Å². The Balaban J connectivity index is 0. The molecule has 0 saturated heterocycles. The zero-order valence-electron chi connectivity index (χ0n) is 2.56. The molecule has 7 heteroatoms. The van der Waals surface area contributed by atoms with Gasteiger partial charge in [0, 0.05) is 101 Å². The van der Waals surface area contributed by atoms with Gasteiger partial charge in [0.05, 0.1) is 0 Å². The van der Waals surface area contributed by atoms with Gasteiger partial charge >= 0.3 is 0 Å². The summed E-state index contributed by atoms with van der Waals surface area (Å²) in [5.74, 6) is 0. The van der Waals surface area contributed by atoms with Crippen molar-refractivity contribution in [3.8, 4) is 0 Å². The van der Waals surface area contributed by atoms with Crippen LogP contribution >= 0.6 is 0 Å². The van der Waals surface area contributed by atoms with Crippen LogP contribution in [0, 0.1) is 0 Å². The van der Waals surface area contributed by atoms with Crippen LogP contribution in [-0.4, -0.2) is 5.48 Å². The summed E-state index contributed by atoms with van der Waals surface area (Å²) in [6, 6.07) is 0. The van der Waals surface area contributed by atoms with Crippen molar-refractivity contribution in [2.45, 2.75) is 0 Å². The van der Waals surface area contributed by atoms with E-state index >= 15 is 0 Å². The van der Waals surface area contributed by atoms with Crippen molar-refractivity contribution in [1.82, 2.24) is 0 Å². The Morgan fingerprint density at radius 1 is 0.571 bits per heavy atom. The van der Waals surface area contributed by atoms with Crippen molar-refractivity contribution in [2.75, 3.05) is 0 Å². The van der Waals surface area contributed by atoms with E-state index in [1.54, 1.807) is 0 Å². The van der Waals surface area contributed by atoms with E-state index in [9.17, 15) is 0 Å². The van der Waals surface area contributed by atoms with Crippen molar-refractivity contribution in [2.24, 2.45) is 0 Å². The van der Waals surface area contributed by atoms with Gasteiger partial charge in [-0.05, 0) is 0 Å². The average Bonchev–Trinajstić information content (AvgIpc) is 0. The Labute approximate surface area is 105 Å². The molecule has 0 aromatic rings. The minimum Gasteiger partial charge on any atom is -0.412 e. The van der Waals surface area contributed by atoms with Gasteiger partial charge in [-0.15, -0.1) is 0 Å². The van der Waals surface area contributed by atoms with E-state index in [4.69, 9.17) is 0 Å². The molecule has 7 heavy (non-hydrogen) atoms. The van der Waals surface area contributed by atoms with Gasteiger partial charge in [-0.3, -0.25) is 0 Å². The van der Waals surface area contributed by atoms with Crippen LogP contribution in [0.25, 0.3) is 0 Å². The first kappa shape index (κ1) is 90.0. The maximum Gasteiger partial charge on any atom is 0 e. The fraction of sp³-hybridized carbons (Fsp3) is 0. The Morgan fingerprint density at radius 2 is 0.571 bits per heavy atom. The van der Waals surface area contributed by atoms with Crippen molar-refractivity contribution >= 4 is 0 Å². The molecule has 1 nitrogen and oxygen atoms in total. The third-order valence-electron chi connectivity index (χ3n) is 0. The van der Waals surface area contributed by atoms with E-state index in [0.29, 0.717) is 0 Å². The first-order chi connectivity index (χ1) is 0. The van der Waals surface area contributed by atoms with E-state index in [2.05, 4.69) is 0 Å². The summed E-state index contributed by atoms with van der Waals surface area (Å²) in [6.45, 7) is 0. The van der Waals surface area contributed by atoms with Crippen LogP contribution in [-0.2, 0) is 101 Å².